The van der Waals surface area contributed by atoms with Crippen LogP contribution in [0.15, 0.2) is 24.3 Å². The first-order chi connectivity index (χ1) is 13.0. The summed E-state index contributed by atoms with van der Waals surface area (Å²) in [4.78, 5) is 24.2. The van der Waals surface area contributed by atoms with Crippen molar-refractivity contribution >= 4 is 23.4 Å². The molecular weight excluding hydrogens is 368 g/mol. The van der Waals surface area contributed by atoms with E-state index in [2.05, 4.69) is 10.6 Å². The van der Waals surface area contributed by atoms with Crippen LogP contribution in [-0.2, 0) is 20.9 Å². The third-order valence-corrected chi connectivity index (χ3v) is 5.38. The Labute approximate surface area is 164 Å². The number of aliphatic hydroxyl groups excluding tert-OH is 1. The first-order valence-electron chi connectivity index (χ1n) is 9.60. The number of ether oxygens (including phenoxy) is 1. The fourth-order valence-corrected chi connectivity index (χ4v) is 3.50. The van der Waals surface area contributed by atoms with Crippen LogP contribution in [0.2, 0.25) is 5.02 Å². The van der Waals surface area contributed by atoms with E-state index < -0.39 is 6.10 Å². The minimum absolute atomic E-state index is 0.0312. The highest BCUT2D eigenvalue weighted by Gasteiger charge is 2.34. The Hall–Kier alpha value is -1.63. The maximum absolute atomic E-state index is 12.2. The first-order valence-corrected chi connectivity index (χ1v) is 9.98. The number of rotatable bonds is 8. The SMILES string of the molecule is O=C(C[C@@H]1CC[C@H](NC(=O)CC2CC2)[C@H](CO)O1)NCc1ccc(Cl)cc1. The molecular formula is C20H27ClN2O4. The summed E-state index contributed by atoms with van der Waals surface area (Å²) in [6, 6.07) is 7.13. The van der Waals surface area contributed by atoms with Gasteiger partial charge < -0.3 is 20.5 Å². The summed E-state index contributed by atoms with van der Waals surface area (Å²) in [5, 5.41) is 16.1. The van der Waals surface area contributed by atoms with E-state index in [1.165, 1.54) is 0 Å². The monoisotopic (exact) mass is 394 g/mol. The molecule has 1 saturated heterocycles. The molecule has 0 spiro atoms. The third-order valence-electron chi connectivity index (χ3n) is 5.13. The van der Waals surface area contributed by atoms with Crippen molar-refractivity contribution in [1.82, 2.24) is 10.6 Å². The van der Waals surface area contributed by atoms with Crippen molar-refractivity contribution in [3.05, 3.63) is 34.9 Å². The molecule has 3 rings (SSSR count). The number of hydrogen-bond acceptors (Lipinski definition) is 4. The maximum atomic E-state index is 12.2. The molecule has 7 heteroatoms. The van der Waals surface area contributed by atoms with Gasteiger partial charge in [0.15, 0.2) is 0 Å². The van der Waals surface area contributed by atoms with E-state index in [4.69, 9.17) is 16.3 Å². The molecule has 0 aromatic heterocycles. The van der Waals surface area contributed by atoms with Gasteiger partial charge in [-0.25, -0.2) is 0 Å². The highest BCUT2D eigenvalue weighted by atomic mass is 35.5. The third kappa shape index (κ3) is 6.48. The van der Waals surface area contributed by atoms with E-state index in [1.807, 2.05) is 12.1 Å². The number of carbonyl (C=O) groups excluding carboxylic acids is 2. The van der Waals surface area contributed by atoms with Gasteiger partial charge in [0, 0.05) is 18.0 Å². The lowest BCUT2D eigenvalue weighted by Gasteiger charge is -2.36. The van der Waals surface area contributed by atoms with Gasteiger partial charge in [-0.05, 0) is 49.3 Å². The molecule has 3 atom stereocenters. The van der Waals surface area contributed by atoms with Crippen molar-refractivity contribution in [2.45, 2.75) is 63.3 Å². The summed E-state index contributed by atoms with van der Waals surface area (Å²) in [6.45, 7) is 0.267. The highest BCUT2D eigenvalue weighted by Crippen LogP contribution is 2.32. The number of aliphatic hydroxyl groups is 1. The number of benzene rings is 1. The molecule has 1 aromatic rings. The van der Waals surface area contributed by atoms with Gasteiger partial charge in [0.1, 0.15) is 6.10 Å². The smallest absolute Gasteiger partial charge is 0.222 e. The molecule has 2 amide bonds. The number of nitrogens with one attached hydrogen (secondary N) is 2. The molecule has 148 valence electrons. The Balaban J connectivity index is 1.40. The Morgan fingerprint density at radius 3 is 2.48 bits per heavy atom. The summed E-state index contributed by atoms with van der Waals surface area (Å²) < 4.78 is 5.87. The van der Waals surface area contributed by atoms with Crippen LogP contribution < -0.4 is 10.6 Å². The average Bonchev–Trinajstić information content (AvgIpc) is 3.46. The van der Waals surface area contributed by atoms with Crippen molar-refractivity contribution in [3.8, 4) is 0 Å². The van der Waals surface area contributed by atoms with E-state index in [0.717, 1.165) is 18.4 Å². The van der Waals surface area contributed by atoms with Gasteiger partial charge in [0.25, 0.3) is 0 Å². The van der Waals surface area contributed by atoms with Crippen LogP contribution in [0.5, 0.6) is 0 Å². The zero-order valence-electron chi connectivity index (χ0n) is 15.3. The Morgan fingerprint density at radius 2 is 1.81 bits per heavy atom. The predicted octanol–water partition coefficient (Wildman–Crippen LogP) is 2.17. The molecule has 1 saturated carbocycles. The van der Waals surface area contributed by atoms with E-state index in [1.54, 1.807) is 12.1 Å². The first kappa shape index (κ1) is 20.1. The van der Waals surface area contributed by atoms with Crippen LogP contribution >= 0.6 is 11.6 Å². The number of carbonyl (C=O) groups is 2. The summed E-state index contributed by atoms with van der Waals surface area (Å²) in [6.07, 6.45) is 3.74. The summed E-state index contributed by atoms with van der Waals surface area (Å²) in [7, 11) is 0. The van der Waals surface area contributed by atoms with Crippen LogP contribution in [0.3, 0.4) is 0 Å². The van der Waals surface area contributed by atoms with Crippen LogP contribution in [-0.4, -0.2) is 41.8 Å². The molecule has 1 aliphatic heterocycles. The maximum Gasteiger partial charge on any atom is 0.222 e. The normalized spacial score (nSPS) is 25.0. The zero-order chi connectivity index (χ0) is 19.2. The molecule has 1 aliphatic carbocycles. The summed E-state index contributed by atoms with van der Waals surface area (Å²) in [5.41, 5.74) is 0.976. The molecule has 2 aliphatic rings. The second-order valence-electron chi connectivity index (χ2n) is 7.49. The zero-order valence-corrected chi connectivity index (χ0v) is 16.1. The standard InChI is InChI=1S/C20H27ClN2O4/c21-15-5-3-14(4-6-15)11-22-19(25)10-16-7-8-17(18(12-24)27-16)23-20(26)9-13-1-2-13/h3-6,13,16-18,24H,1-2,7-12H2,(H,22,25)(H,23,26)/t16-,17-,18-/m0/s1. The lowest BCUT2D eigenvalue weighted by atomic mass is 9.96. The number of amides is 2. The molecule has 2 fully saturated rings. The van der Waals surface area contributed by atoms with E-state index in [0.29, 0.717) is 36.7 Å². The number of hydrogen-bond donors (Lipinski definition) is 3. The fraction of sp³-hybridized carbons (Fsp3) is 0.600. The van der Waals surface area contributed by atoms with Crippen molar-refractivity contribution in [2.24, 2.45) is 5.92 Å². The molecule has 0 bridgehead atoms. The molecule has 3 N–H and O–H groups in total. The van der Waals surface area contributed by atoms with E-state index in [-0.39, 0.29) is 37.0 Å². The second kappa shape index (κ2) is 9.53. The summed E-state index contributed by atoms with van der Waals surface area (Å²) in [5.74, 6) is 0.464. The quantitative estimate of drug-likeness (QED) is 0.630. The Kier molecular flexibility index (Phi) is 7.10. The van der Waals surface area contributed by atoms with Gasteiger partial charge >= 0.3 is 0 Å². The van der Waals surface area contributed by atoms with Crippen molar-refractivity contribution in [2.75, 3.05) is 6.61 Å². The largest absolute Gasteiger partial charge is 0.394 e. The van der Waals surface area contributed by atoms with Crippen LogP contribution in [0.4, 0.5) is 0 Å². The van der Waals surface area contributed by atoms with Crippen LogP contribution in [0.25, 0.3) is 0 Å². The van der Waals surface area contributed by atoms with Gasteiger partial charge in [0.2, 0.25) is 11.8 Å². The van der Waals surface area contributed by atoms with Gasteiger partial charge in [-0.1, -0.05) is 23.7 Å². The lowest BCUT2D eigenvalue weighted by molar-refractivity contribution is -0.136. The topological polar surface area (TPSA) is 87.7 Å². The van der Waals surface area contributed by atoms with E-state index in [9.17, 15) is 14.7 Å². The second-order valence-corrected chi connectivity index (χ2v) is 7.92. The molecule has 0 radical (unpaired) electrons. The lowest BCUT2D eigenvalue weighted by Crippen LogP contribution is -2.51. The van der Waals surface area contributed by atoms with Crippen molar-refractivity contribution in [1.29, 1.82) is 0 Å². The summed E-state index contributed by atoms with van der Waals surface area (Å²) >= 11 is 5.85. The Bertz CT molecular complexity index is 648. The van der Waals surface area contributed by atoms with Crippen LogP contribution in [0.1, 0.15) is 44.1 Å². The number of halogens is 1. The molecule has 27 heavy (non-hydrogen) atoms. The molecule has 1 heterocycles. The average molecular weight is 395 g/mol. The minimum atomic E-state index is -0.462. The van der Waals surface area contributed by atoms with Gasteiger partial charge in [-0.15, -0.1) is 0 Å². The minimum Gasteiger partial charge on any atom is -0.394 e. The van der Waals surface area contributed by atoms with Crippen LogP contribution in [0, 0.1) is 5.92 Å². The molecule has 0 unspecified atom stereocenters. The van der Waals surface area contributed by atoms with Gasteiger partial charge in [-0.2, -0.15) is 0 Å². The van der Waals surface area contributed by atoms with Gasteiger partial charge in [0.05, 0.1) is 25.2 Å². The highest BCUT2D eigenvalue weighted by molar-refractivity contribution is 6.30. The fourth-order valence-electron chi connectivity index (χ4n) is 3.38. The van der Waals surface area contributed by atoms with Crippen molar-refractivity contribution in [3.63, 3.8) is 0 Å². The Morgan fingerprint density at radius 1 is 1.07 bits per heavy atom. The van der Waals surface area contributed by atoms with Crippen molar-refractivity contribution < 1.29 is 19.4 Å². The van der Waals surface area contributed by atoms with Gasteiger partial charge in [-0.3, -0.25) is 9.59 Å². The molecule has 1 aromatic carbocycles. The van der Waals surface area contributed by atoms with E-state index >= 15 is 0 Å². The molecule has 6 nitrogen and oxygen atoms in total. The predicted molar refractivity (Wildman–Crippen MR) is 102 cm³/mol.